The van der Waals surface area contributed by atoms with Gasteiger partial charge in [-0.3, -0.25) is 0 Å². The van der Waals surface area contributed by atoms with Gasteiger partial charge >= 0.3 is 0 Å². The van der Waals surface area contributed by atoms with Crippen molar-refractivity contribution < 1.29 is 9.50 Å². The van der Waals surface area contributed by atoms with E-state index in [9.17, 15) is 9.50 Å². The molecule has 1 aromatic rings. The molecule has 2 rings (SSSR count). The average Bonchev–Trinajstić information content (AvgIpc) is 2.25. The van der Waals surface area contributed by atoms with Crippen molar-refractivity contribution in [1.29, 1.82) is 0 Å². The monoisotopic (exact) mass is 243 g/mol. The fraction of sp³-hybridized carbons (Fsp3) is 0.500. The molecule has 0 spiro atoms. The zero-order chi connectivity index (χ0) is 11.5. The van der Waals surface area contributed by atoms with Gasteiger partial charge in [-0.05, 0) is 31.0 Å². The summed E-state index contributed by atoms with van der Waals surface area (Å²) in [6.45, 7) is 0. The van der Waals surface area contributed by atoms with Gasteiger partial charge in [0, 0.05) is 0 Å². The fourth-order valence-electron chi connectivity index (χ4n) is 2.09. The number of anilines is 1. The Kier molecular flexibility index (Phi) is 3.66. The second kappa shape index (κ2) is 5.02. The van der Waals surface area contributed by atoms with E-state index in [-0.39, 0.29) is 18.0 Å². The van der Waals surface area contributed by atoms with Crippen molar-refractivity contribution >= 4 is 17.3 Å². The molecule has 0 saturated heterocycles. The lowest BCUT2D eigenvalue weighted by atomic mass is 9.92. The quantitative estimate of drug-likeness (QED) is 0.836. The van der Waals surface area contributed by atoms with E-state index in [0.29, 0.717) is 10.7 Å². The largest absolute Gasteiger partial charge is 0.391 e. The Labute approximate surface area is 99.4 Å². The van der Waals surface area contributed by atoms with Gasteiger partial charge < -0.3 is 10.4 Å². The molecule has 0 heterocycles. The molecule has 88 valence electrons. The van der Waals surface area contributed by atoms with E-state index in [1.54, 1.807) is 6.07 Å². The predicted octanol–water partition coefficient (Wildman–Crippen LogP) is 3.19. The summed E-state index contributed by atoms with van der Waals surface area (Å²) in [5.74, 6) is -0.347. The number of rotatable bonds is 2. The van der Waals surface area contributed by atoms with Crippen LogP contribution in [0.25, 0.3) is 0 Å². The fourth-order valence-corrected chi connectivity index (χ4v) is 2.31. The van der Waals surface area contributed by atoms with E-state index in [1.165, 1.54) is 12.1 Å². The Balaban J connectivity index is 2.07. The molecule has 1 saturated carbocycles. The third-order valence-electron chi connectivity index (χ3n) is 3.00. The number of benzene rings is 1. The van der Waals surface area contributed by atoms with Gasteiger partial charge in [0.1, 0.15) is 5.82 Å². The van der Waals surface area contributed by atoms with Gasteiger partial charge in [-0.2, -0.15) is 0 Å². The van der Waals surface area contributed by atoms with Crippen molar-refractivity contribution in [1.82, 2.24) is 0 Å². The highest BCUT2D eigenvalue weighted by Gasteiger charge is 2.23. The highest BCUT2D eigenvalue weighted by atomic mass is 35.5. The lowest BCUT2D eigenvalue weighted by molar-refractivity contribution is 0.116. The van der Waals surface area contributed by atoms with Crippen LogP contribution in [-0.4, -0.2) is 17.3 Å². The van der Waals surface area contributed by atoms with Crippen LogP contribution in [0.4, 0.5) is 10.1 Å². The molecule has 2 atom stereocenters. The van der Waals surface area contributed by atoms with Crippen LogP contribution in [0.15, 0.2) is 18.2 Å². The van der Waals surface area contributed by atoms with Gasteiger partial charge in [0.05, 0.1) is 22.9 Å². The zero-order valence-electron chi connectivity index (χ0n) is 8.92. The van der Waals surface area contributed by atoms with Crippen molar-refractivity contribution in [3.8, 4) is 0 Å². The van der Waals surface area contributed by atoms with Gasteiger partial charge in [-0.15, -0.1) is 0 Å². The van der Waals surface area contributed by atoms with Crippen LogP contribution in [-0.2, 0) is 0 Å². The number of halogens is 2. The van der Waals surface area contributed by atoms with Crippen molar-refractivity contribution in [3.63, 3.8) is 0 Å². The molecule has 1 aliphatic carbocycles. The van der Waals surface area contributed by atoms with E-state index in [1.807, 2.05) is 0 Å². The molecule has 2 nitrogen and oxygen atoms in total. The number of hydrogen-bond acceptors (Lipinski definition) is 2. The Bertz CT molecular complexity index is 372. The number of hydrogen-bond donors (Lipinski definition) is 2. The molecule has 16 heavy (non-hydrogen) atoms. The minimum atomic E-state index is -0.347. The Morgan fingerprint density at radius 1 is 1.31 bits per heavy atom. The van der Waals surface area contributed by atoms with Crippen molar-refractivity contribution in [2.75, 3.05) is 5.32 Å². The van der Waals surface area contributed by atoms with Gasteiger partial charge in [0.15, 0.2) is 0 Å². The number of aliphatic hydroxyl groups excluding tert-OH is 1. The first-order valence-corrected chi connectivity index (χ1v) is 5.94. The summed E-state index contributed by atoms with van der Waals surface area (Å²) in [4.78, 5) is 0. The standard InChI is InChI=1S/C12H15ClFNO/c13-9-7-8(14)5-6-10(9)15-11-3-1-2-4-12(11)16/h5-7,11-12,15-16H,1-4H2/t11-,12-/m0/s1. The molecule has 1 aromatic carbocycles. The first-order valence-electron chi connectivity index (χ1n) is 5.56. The molecular weight excluding hydrogens is 229 g/mol. The second-order valence-electron chi connectivity index (χ2n) is 4.23. The minimum absolute atomic E-state index is 0.0247. The minimum Gasteiger partial charge on any atom is -0.391 e. The summed E-state index contributed by atoms with van der Waals surface area (Å²) in [5.41, 5.74) is 0.689. The molecule has 1 aliphatic rings. The molecular formula is C12H15ClFNO. The van der Waals surface area contributed by atoms with Crippen LogP contribution in [0.3, 0.4) is 0 Å². The topological polar surface area (TPSA) is 32.3 Å². The van der Waals surface area contributed by atoms with Gasteiger partial charge in [-0.1, -0.05) is 24.4 Å². The SMILES string of the molecule is O[C@H]1CCCC[C@@H]1Nc1ccc(F)cc1Cl. The average molecular weight is 244 g/mol. The normalized spacial score (nSPS) is 25.4. The molecule has 0 unspecified atom stereocenters. The van der Waals surface area contributed by atoms with Gasteiger partial charge in [0.25, 0.3) is 0 Å². The van der Waals surface area contributed by atoms with Crippen LogP contribution >= 0.6 is 11.6 Å². The molecule has 1 fully saturated rings. The molecule has 0 amide bonds. The molecule has 0 bridgehead atoms. The van der Waals surface area contributed by atoms with E-state index >= 15 is 0 Å². The Morgan fingerprint density at radius 2 is 2.06 bits per heavy atom. The third-order valence-corrected chi connectivity index (χ3v) is 3.31. The summed E-state index contributed by atoms with van der Waals surface area (Å²) >= 11 is 5.91. The maximum atomic E-state index is 12.8. The smallest absolute Gasteiger partial charge is 0.124 e. The van der Waals surface area contributed by atoms with E-state index in [2.05, 4.69) is 5.32 Å². The molecule has 0 radical (unpaired) electrons. The Hall–Kier alpha value is -0.800. The summed E-state index contributed by atoms with van der Waals surface area (Å²) < 4.78 is 12.8. The highest BCUT2D eigenvalue weighted by Crippen LogP contribution is 2.27. The van der Waals surface area contributed by atoms with Crippen LogP contribution in [0.5, 0.6) is 0 Å². The van der Waals surface area contributed by atoms with Crippen LogP contribution in [0.2, 0.25) is 5.02 Å². The third kappa shape index (κ3) is 2.66. The summed E-state index contributed by atoms with van der Waals surface area (Å²) in [6.07, 6.45) is 3.57. The van der Waals surface area contributed by atoms with Crippen LogP contribution in [0.1, 0.15) is 25.7 Å². The van der Waals surface area contributed by atoms with E-state index < -0.39 is 0 Å². The van der Waals surface area contributed by atoms with Crippen molar-refractivity contribution in [3.05, 3.63) is 29.0 Å². The maximum Gasteiger partial charge on any atom is 0.124 e. The van der Waals surface area contributed by atoms with Crippen LogP contribution < -0.4 is 5.32 Å². The van der Waals surface area contributed by atoms with Crippen molar-refractivity contribution in [2.45, 2.75) is 37.8 Å². The number of aliphatic hydroxyl groups is 1. The lowest BCUT2D eigenvalue weighted by Crippen LogP contribution is -2.36. The van der Waals surface area contributed by atoms with Gasteiger partial charge in [0.2, 0.25) is 0 Å². The second-order valence-corrected chi connectivity index (χ2v) is 4.63. The van der Waals surface area contributed by atoms with E-state index in [0.717, 1.165) is 25.7 Å². The van der Waals surface area contributed by atoms with Crippen LogP contribution in [0, 0.1) is 5.82 Å². The van der Waals surface area contributed by atoms with Gasteiger partial charge in [-0.25, -0.2) is 4.39 Å². The first-order chi connectivity index (χ1) is 7.66. The maximum absolute atomic E-state index is 12.8. The Morgan fingerprint density at radius 3 is 2.75 bits per heavy atom. The van der Waals surface area contributed by atoms with Crippen molar-refractivity contribution in [2.24, 2.45) is 0 Å². The number of nitrogens with one attached hydrogen (secondary N) is 1. The molecule has 0 aromatic heterocycles. The predicted molar refractivity (Wildman–Crippen MR) is 63.3 cm³/mol. The summed E-state index contributed by atoms with van der Waals surface area (Å²) in [6, 6.07) is 4.28. The molecule has 2 N–H and O–H groups in total. The lowest BCUT2D eigenvalue weighted by Gasteiger charge is -2.29. The summed E-state index contributed by atoms with van der Waals surface area (Å²) in [7, 11) is 0. The summed E-state index contributed by atoms with van der Waals surface area (Å²) in [5, 5.41) is 13.3. The first kappa shape index (κ1) is 11.7. The van der Waals surface area contributed by atoms with E-state index in [4.69, 9.17) is 11.6 Å². The highest BCUT2D eigenvalue weighted by molar-refractivity contribution is 6.33. The zero-order valence-corrected chi connectivity index (χ0v) is 9.67. The molecule has 0 aliphatic heterocycles. The molecule has 4 heteroatoms.